The molecule has 0 unspecified atom stereocenters. The van der Waals surface area contributed by atoms with Gasteiger partial charge in [0.15, 0.2) is 5.16 Å². The van der Waals surface area contributed by atoms with Crippen molar-refractivity contribution in [1.82, 2.24) is 14.8 Å². The molecule has 5 nitrogen and oxygen atoms in total. The van der Waals surface area contributed by atoms with Crippen molar-refractivity contribution >= 4 is 35.0 Å². The summed E-state index contributed by atoms with van der Waals surface area (Å²) in [5.41, 5.74) is 0.619. The van der Waals surface area contributed by atoms with Gasteiger partial charge in [-0.05, 0) is 18.1 Å². The van der Waals surface area contributed by atoms with E-state index in [2.05, 4.69) is 29.4 Å². The molecule has 1 heterocycles. The second kappa shape index (κ2) is 7.65. The van der Waals surface area contributed by atoms with Crippen LogP contribution in [0.3, 0.4) is 0 Å². The smallest absolute Gasteiger partial charge is 0.234 e. The summed E-state index contributed by atoms with van der Waals surface area (Å²) in [7, 11) is 1.92. The minimum atomic E-state index is -0.119. The maximum absolute atomic E-state index is 12.0. The van der Waals surface area contributed by atoms with E-state index >= 15 is 0 Å². The molecule has 0 aliphatic rings. The van der Waals surface area contributed by atoms with Gasteiger partial charge in [-0.1, -0.05) is 49.3 Å². The standard InChI is InChI=1S/C15H19ClN4OS/c1-10(2)8-13-18-19-15(20(13)3)22-9-14(21)17-12-7-5-4-6-11(12)16/h4-7,10H,8-9H2,1-3H3,(H,17,21). The van der Waals surface area contributed by atoms with Crippen LogP contribution in [0.5, 0.6) is 0 Å². The Hall–Kier alpha value is -1.53. The zero-order valence-corrected chi connectivity index (χ0v) is 14.4. The molecular formula is C15H19ClN4OS. The Kier molecular flexibility index (Phi) is 5.85. The van der Waals surface area contributed by atoms with Crippen LogP contribution in [-0.4, -0.2) is 26.4 Å². The minimum Gasteiger partial charge on any atom is -0.324 e. The highest BCUT2D eigenvalue weighted by atomic mass is 35.5. The van der Waals surface area contributed by atoms with E-state index in [1.807, 2.05) is 23.7 Å². The van der Waals surface area contributed by atoms with Gasteiger partial charge in [0, 0.05) is 13.5 Å². The molecule has 1 N–H and O–H groups in total. The molecule has 0 saturated heterocycles. The lowest BCUT2D eigenvalue weighted by Crippen LogP contribution is -2.14. The Morgan fingerprint density at radius 2 is 2.09 bits per heavy atom. The van der Waals surface area contributed by atoms with Crippen LogP contribution in [0, 0.1) is 5.92 Å². The molecule has 0 radical (unpaired) electrons. The maximum Gasteiger partial charge on any atom is 0.234 e. The molecule has 1 aromatic heterocycles. The normalized spacial score (nSPS) is 11.0. The number of hydrogen-bond acceptors (Lipinski definition) is 4. The van der Waals surface area contributed by atoms with Crippen LogP contribution in [0.4, 0.5) is 5.69 Å². The van der Waals surface area contributed by atoms with E-state index in [9.17, 15) is 4.79 Å². The summed E-state index contributed by atoms with van der Waals surface area (Å²) in [6.07, 6.45) is 0.871. The number of rotatable bonds is 6. The van der Waals surface area contributed by atoms with E-state index in [1.54, 1.807) is 12.1 Å². The van der Waals surface area contributed by atoms with Crippen molar-refractivity contribution in [2.75, 3.05) is 11.1 Å². The second-order valence-electron chi connectivity index (χ2n) is 5.37. The molecule has 0 fully saturated rings. The highest BCUT2D eigenvalue weighted by molar-refractivity contribution is 7.99. The quantitative estimate of drug-likeness (QED) is 0.820. The fourth-order valence-corrected chi connectivity index (χ4v) is 2.81. The molecule has 0 aliphatic heterocycles. The average molecular weight is 339 g/mol. The predicted octanol–water partition coefficient (Wildman–Crippen LogP) is 3.40. The lowest BCUT2D eigenvalue weighted by molar-refractivity contribution is -0.113. The summed E-state index contributed by atoms with van der Waals surface area (Å²) in [6, 6.07) is 7.16. The highest BCUT2D eigenvalue weighted by Gasteiger charge is 2.13. The topological polar surface area (TPSA) is 59.8 Å². The van der Waals surface area contributed by atoms with Crippen molar-refractivity contribution in [3.05, 3.63) is 35.1 Å². The van der Waals surface area contributed by atoms with E-state index < -0.39 is 0 Å². The number of nitrogens with zero attached hydrogens (tertiary/aromatic N) is 3. The number of carbonyl (C=O) groups excluding carboxylic acids is 1. The Morgan fingerprint density at radius 3 is 2.77 bits per heavy atom. The Balaban J connectivity index is 1.92. The fourth-order valence-electron chi connectivity index (χ4n) is 1.89. The van der Waals surface area contributed by atoms with Crippen molar-refractivity contribution in [1.29, 1.82) is 0 Å². The summed E-state index contributed by atoms with van der Waals surface area (Å²) < 4.78 is 1.94. The molecule has 0 bridgehead atoms. The molecule has 0 atom stereocenters. The minimum absolute atomic E-state index is 0.119. The maximum atomic E-state index is 12.0. The summed E-state index contributed by atoms with van der Waals surface area (Å²) in [5.74, 6) is 1.60. The molecule has 118 valence electrons. The molecule has 1 amide bonds. The zero-order valence-electron chi connectivity index (χ0n) is 12.8. The van der Waals surface area contributed by atoms with Crippen LogP contribution >= 0.6 is 23.4 Å². The highest BCUT2D eigenvalue weighted by Crippen LogP contribution is 2.22. The third-order valence-corrected chi connectivity index (χ3v) is 4.35. The van der Waals surface area contributed by atoms with Crippen LogP contribution in [0.25, 0.3) is 0 Å². The van der Waals surface area contributed by atoms with E-state index in [-0.39, 0.29) is 11.7 Å². The first-order valence-corrected chi connectivity index (χ1v) is 8.39. The van der Waals surface area contributed by atoms with Gasteiger partial charge >= 0.3 is 0 Å². The Labute approximate surface area is 139 Å². The van der Waals surface area contributed by atoms with Gasteiger partial charge in [0.1, 0.15) is 5.82 Å². The van der Waals surface area contributed by atoms with Gasteiger partial charge in [-0.25, -0.2) is 0 Å². The number of benzene rings is 1. The van der Waals surface area contributed by atoms with Gasteiger partial charge in [0.2, 0.25) is 5.91 Å². The number of para-hydroxylation sites is 1. The molecule has 0 aliphatic carbocycles. The van der Waals surface area contributed by atoms with E-state index in [4.69, 9.17) is 11.6 Å². The molecular weight excluding hydrogens is 320 g/mol. The first kappa shape index (κ1) is 16.8. The number of halogens is 1. The number of thioether (sulfide) groups is 1. The van der Waals surface area contributed by atoms with Gasteiger partial charge in [0.05, 0.1) is 16.5 Å². The number of nitrogens with one attached hydrogen (secondary N) is 1. The van der Waals surface area contributed by atoms with Crippen molar-refractivity contribution < 1.29 is 4.79 Å². The van der Waals surface area contributed by atoms with Gasteiger partial charge in [-0.2, -0.15) is 0 Å². The van der Waals surface area contributed by atoms with Gasteiger partial charge in [-0.15, -0.1) is 10.2 Å². The predicted molar refractivity (Wildman–Crippen MR) is 90.4 cm³/mol. The molecule has 7 heteroatoms. The number of aromatic nitrogens is 3. The first-order valence-electron chi connectivity index (χ1n) is 7.02. The Bertz CT molecular complexity index is 657. The summed E-state index contributed by atoms with van der Waals surface area (Å²) >= 11 is 7.38. The van der Waals surface area contributed by atoms with Crippen LogP contribution in [-0.2, 0) is 18.3 Å². The summed E-state index contributed by atoms with van der Waals surface area (Å²) in [4.78, 5) is 12.0. The molecule has 1 aromatic carbocycles. The molecule has 2 aromatic rings. The number of carbonyl (C=O) groups is 1. The van der Waals surface area contributed by atoms with E-state index in [1.165, 1.54) is 11.8 Å². The summed E-state index contributed by atoms with van der Waals surface area (Å²) in [5, 5.41) is 12.4. The SMILES string of the molecule is CC(C)Cc1nnc(SCC(=O)Nc2ccccc2Cl)n1C. The third kappa shape index (κ3) is 4.48. The second-order valence-corrected chi connectivity index (χ2v) is 6.72. The molecule has 22 heavy (non-hydrogen) atoms. The summed E-state index contributed by atoms with van der Waals surface area (Å²) in [6.45, 7) is 4.27. The van der Waals surface area contributed by atoms with Crippen LogP contribution < -0.4 is 5.32 Å². The zero-order chi connectivity index (χ0) is 16.1. The number of amides is 1. The monoisotopic (exact) mass is 338 g/mol. The third-order valence-electron chi connectivity index (χ3n) is 3.00. The molecule has 0 saturated carbocycles. The molecule has 2 rings (SSSR count). The van der Waals surface area contributed by atoms with Gasteiger partial charge in [0.25, 0.3) is 0 Å². The lowest BCUT2D eigenvalue weighted by Gasteiger charge is -2.07. The van der Waals surface area contributed by atoms with E-state index in [0.717, 1.165) is 17.4 Å². The largest absolute Gasteiger partial charge is 0.324 e. The molecule has 0 spiro atoms. The number of hydrogen-bond donors (Lipinski definition) is 1. The number of anilines is 1. The van der Waals surface area contributed by atoms with Gasteiger partial charge < -0.3 is 9.88 Å². The average Bonchev–Trinajstić information content (AvgIpc) is 2.80. The van der Waals surface area contributed by atoms with Crippen molar-refractivity contribution in [3.63, 3.8) is 0 Å². The first-order chi connectivity index (χ1) is 10.5. The van der Waals surface area contributed by atoms with Crippen molar-refractivity contribution in [3.8, 4) is 0 Å². The van der Waals surface area contributed by atoms with Crippen LogP contribution in [0.1, 0.15) is 19.7 Å². The lowest BCUT2D eigenvalue weighted by atomic mass is 10.1. The van der Waals surface area contributed by atoms with Gasteiger partial charge in [-0.3, -0.25) is 4.79 Å². The van der Waals surface area contributed by atoms with Crippen molar-refractivity contribution in [2.24, 2.45) is 13.0 Å². The Morgan fingerprint density at radius 1 is 1.36 bits per heavy atom. The van der Waals surface area contributed by atoms with Crippen molar-refractivity contribution in [2.45, 2.75) is 25.4 Å². The fraction of sp³-hybridized carbons (Fsp3) is 0.400. The van der Waals surface area contributed by atoms with E-state index in [0.29, 0.717) is 16.6 Å². The van der Waals surface area contributed by atoms with Crippen LogP contribution in [0.15, 0.2) is 29.4 Å². The van der Waals surface area contributed by atoms with Crippen LogP contribution in [0.2, 0.25) is 5.02 Å².